The van der Waals surface area contributed by atoms with E-state index in [2.05, 4.69) is 25.9 Å². The zero-order valence-corrected chi connectivity index (χ0v) is 21.5. The SMILES string of the molecule is CC(C)CC(NC(=O)C(Cc1ccc(O)cc1)NC(=O)C(N)Cc1cnc[nH]1)C(=O)NC(C(=O)O)C(C)O. The number of aromatic nitrogens is 2. The van der Waals surface area contributed by atoms with Crippen LogP contribution in [0, 0.1) is 5.92 Å². The molecule has 13 heteroatoms. The van der Waals surface area contributed by atoms with Gasteiger partial charge in [0.05, 0.1) is 18.5 Å². The number of imidazole rings is 1. The number of nitrogens with two attached hydrogens (primary N) is 1. The minimum Gasteiger partial charge on any atom is -0.508 e. The van der Waals surface area contributed by atoms with Crippen LogP contribution in [0.25, 0.3) is 0 Å². The minimum absolute atomic E-state index is 0.0239. The Morgan fingerprint density at radius 1 is 0.947 bits per heavy atom. The molecule has 1 aromatic heterocycles. The number of phenolic OH excluding ortho intramolecular Hbond substituents is 1. The van der Waals surface area contributed by atoms with Crippen LogP contribution in [0.4, 0.5) is 0 Å². The average molecular weight is 533 g/mol. The number of nitrogens with zero attached hydrogens (tertiary/aromatic N) is 1. The number of H-pyrrole nitrogens is 1. The number of carbonyl (C=O) groups excluding carboxylic acids is 3. The number of hydrogen-bond donors (Lipinski definition) is 8. The summed E-state index contributed by atoms with van der Waals surface area (Å²) in [7, 11) is 0. The van der Waals surface area contributed by atoms with E-state index in [0.717, 1.165) is 0 Å². The van der Waals surface area contributed by atoms with Gasteiger partial charge in [0.15, 0.2) is 6.04 Å². The third kappa shape index (κ3) is 9.48. The molecule has 2 rings (SSSR count). The number of aromatic hydroxyl groups is 1. The Bertz CT molecular complexity index is 1070. The van der Waals surface area contributed by atoms with E-state index in [0.29, 0.717) is 11.3 Å². The van der Waals surface area contributed by atoms with Crippen molar-refractivity contribution in [1.29, 1.82) is 0 Å². The Balaban J connectivity index is 2.23. The molecule has 13 nitrogen and oxygen atoms in total. The highest BCUT2D eigenvalue weighted by Gasteiger charge is 2.32. The van der Waals surface area contributed by atoms with Crippen molar-refractivity contribution >= 4 is 23.7 Å². The normalized spacial score (nSPS) is 15.1. The molecule has 5 atom stereocenters. The first-order chi connectivity index (χ1) is 17.9. The predicted octanol–water partition coefficient (Wildman–Crippen LogP) is -0.806. The summed E-state index contributed by atoms with van der Waals surface area (Å²) in [6.45, 7) is 4.87. The van der Waals surface area contributed by atoms with Gasteiger partial charge in [0.2, 0.25) is 17.7 Å². The Morgan fingerprint density at radius 3 is 2.08 bits per heavy atom. The smallest absolute Gasteiger partial charge is 0.328 e. The van der Waals surface area contributed by atoms with E-state index in [1.807, 2.05) is 13.8 Å². The van der Waals surface area contributed by atoms with Crippen LogP contribution in [0.2, 0.25) is 0 Å². The molecule has 0 bridgehead atoms. The predicted molar refractivity (Wildman–Crippen MR) is 137 cm³/mol. The van der Waals surface area contributed by atoms with Gasteiger partial charge in [0.25, 0.3) is 0 Å². The molecule has 1 aromatic carbocycles. The monoisotopic (exact) mass is 532 g/mol. The number of hydrogen-bond acceptors (Lipinski definition) is 8. The van der Waals surface area contributed by atoms with Crippen LogP contribution in [-0.2, 0) is 32.0 Å². The van der Waals surface area contributed by atoms with Crippen LogP contribution in [0.3, 0.4) is 0 Å². The maximum Gasteiger partial charge on any atom is 0.328 e. The number of aliphatic hydroxyl groups is 1. The van der Waals surface area contributed by atoms with E-state index in [4.69, 9.17) is 5.73 Å². The highest BCUT2D eigenvalue weighted by molar-refractivity contribution is 5.94. The number of rotatable bonds is 14. The number of aliphatic hydroxyl groups excluding tert-OH is 1. The number of amides is 3. The summed E-state index contributed by atoms with van der Waals surface area (Å²) in [6, 6.07) is 1.20. The minimum atomic E-state index is -1.57. The van der Waals surface area contributed by atoms with Crippen LogP contribution in [-0.4, -0.2) is 79.2 Å². The van der Waals surface area contributed by atoms with Crippen molar-refractivity contribution in [3.63, 3.8) is 0 Å². The van der Waals surface area contributed by atoms with Crippen molar-refractivity contribution in [2.24, 2.45) is 11.7 Å². The Kier molecular flexibility index (Phi) is 11.2. The van der Waals surface area contributed by atoms with Gasteiger partial charge in [-0.1, -0.05) is 26.0 Å². The van der Waals surface area contributed by atoms with Crippen molar-refractivity contribution in [1.82, 2.24) is 25.9 Å². The van der Waals surface area contributed by atoms with Crippen molar-refractivity contribution < 1.29 is 34.5 Å². The molecule has 38 heavy (non-hydrogen) atoms. The first-order valence-corrected chi connectivity index (χ1v) is 12.2. The molecule has 0 fully saturated rings. The highest BCUT2D eigenvalue weighted by Crippen LogP contribution is 2.13. The number of carbonyl (C=O) groups is 4. The van der Waals surface area contributed by atoms with Gasteiger partial charge < -0.3 is 42.0 Å². The zero-order valence-electron chi connectivity index (χ0n) is 21.5. The summed E-state index contributed by atoms with van der Waals surface area (Å²) in [5.41, 5.74) is 7.28. The lowest BCUT2D eigenvalue weighted by molar-refractivity contribution is -0.145. The van der Waals surface area contributed by atoms with Crippen molar-refractivity contribution in [3.05, 3.63) is 48.0 Å². The molecule has 1 heterocycles. The summed E-state index contributed by atoms with van der Waals surface area (Å²) in [4.78, 5) is 57.3. The van der Waals surface area contributed by atoms with Crippen LogP contribution in [0.15, 0.2) is 36.8 Å². The van der Waals surface area contributed by atoms with Gasteiger partial charge in [-0.3, -0.25) is 14.4 Å². The molecule has 5 unspecified atom stereocenters. The number of phenols is 1. The Morgan fingerprint density at radius 2 is 1.55 bits per heavy atom. The first kappa shape index (κ1) is 30.3. The van der Waals surface area contributed by atoms with Crippen molar-refractivity contribution in [2.75, 3.05) is 0 Å². The van der Waals surface area contributed by atoms with Crippen LogP contribution in [0.5, 0.6) is 5.75 Å². The molecule has 0 saturated heterocycles. The van der Waals surface area contributed by atoms with Gasteiger partial charge in [0.1, 0.15) is 17.8 Å². The van der Waals surface area contributed by atoms with E-state index in [9.17, 15) is 34.5 Å². The lowest BCUT2D eigenvalue weighted by Gasteiger charge is -2.26. The van der Waals surface area contributed by atoms with Gasteiger partial charge in [-0.2, -0.15) is 0 Å². The Labute approximate surface area is 220 Å². The topological polar surface area (TPSA) is 220 Å². The molecular formula is C25H36N6O7. The molecular weight excluding hydrogens is 496 g/mol. The lowest BCUT2D eigenvalue weighted by Crippen LogP contribution is -2.59. The Hall–Kier alpha value is -3.97. The van der Waals surface area contributed by atoms with E-state index < -0.39 is 54.0 Å². The van der Waals surface area contributed by atoms with Crippen LogP contribution >= 0.6 is 0 Å². The van der Waals surface area contributed by atoms with Gasteiger partial charge in [-0.15, -0.1) is 0 Å². The van der Waals surface area contributed by atoms with Gasteiger partial charge in [-0.05, 0) is 37.0 Å². The molecule has 0 spiro atoms. The lowest BCUT2D eigenvalue weighted by atomic mass is 10.00. The van der Waals surface area contributed by atoms with Crippen molar-refractivity contribution in [2.45, 2.75) is 70.3 Å². The summed E-state index contributed by atoms with van der Waals surface area (Å²) in [5, 5.41) is 36.1. The molecule has 0 aliphatic heterocycles. The van der Waals surface area contributed by atoms with E-state index in [1.54, 1.807) is 12.1 Å². The summed E-state index contributed by atoms with van der Waals surface area (Å²) >= 11 is 0. The number of carboxylic acid groups (broad SMARTS) is 1. The second-order valence-corrected chi connectivity index (χ2v) is 9.58. The van der Waals surface area contributed by atoms with E-state index in [1.165, 1.54) is 31.6 Å². The number of carboxylic acids is 1. The third-order valence-corrected chi connectivity index (χ3v) is 5.73. The largest absolute Gasteiger partial charge is 0.508 e. The second kappa shape index (κ2) is 14.1. The number of benzene rings is 1. The van der Waals surface area contributed by atoms with E-state index in [-0.39, 0.29) is 30.9 Å². The first-order valence-electron chi connectivity index (χ1n) is 12.2. The molecule has 3 amide bonds. The van der Waals surface area contributed by atoms with Crippen LogP contribution in [0.1, 0.15) is 38.4 Å². The highest BCUT2D eigenvalue weighted by atomic mass is 16.4. The van der Waals surface area contributed by atoms with Crippen LogP contribution < -0.4 is 21.7 Å². The quantitative estimate of drug-likeness (QED) is 0.152. The van der Waals surface area contributed by atoms with Gasteiger partial charge in [-0.25, -0.2) is 9.78 Å². The third-order valence-electron chi connectivity index (χ3n) is 5.73. The summed E-state index contributed by atoms with van der Waals surface area (Å²) < 4.78 is 0. The van der Waals surface area contributed by atoms with Crippen molar-refractivity contribution in [3.8, 4) is 5.75 Å². The summed E-state index contributed by atoms with van der Waals surface area (Å²) in [5.74, 6) is -3.54. The van der Waals surface area contributed by atoms with Gasteiger partial charge >= 0.3 is 5.97 Å². The fourth-order valence-electron chi connectivity index (χ4n) is 3.70. The molecule has 0 radical (unpaired) electrons. The number of nitrogens with one attached hydrogen (secondary N) is 4. The molecule has 0 aliphatic rings. The number of aromatic amines is 1. The maximum absolute atomic E-state index is 13.4. The molecule has 0 saturated carbocycles. The fraction of sp³-hybridized carbons (Fsp3) is 0.480. The van der Waals surface area contributed by atoms with E-state index >= 15 is 0 Å². The molecule has 0 aliphatic carbocycles. The summed E-state index contributed by atoms with van der Waals surface area (Å²) in [6.07, 6.45) is 1.95. The molecule has 208 valence electrons. The zero-order chi connectivity index (χ0) is 28.4. The molecule has 2 aromatic rings. The fourth-order valence-corrected chi connectivity index (χ4v) is 3.70. The average Bonchev–Trinajstić information content (AvgIpc) is 3.35. The standard InChI is InChI=1S/C25H36N6O7/c1-13(2)8-19(24(36)31-21(14(3)32)25(37)38)30-23(35)20(9-15-4-6-17(33)7-5-15)29-22(34)18(26)10-16-11-27-12-28-16/h4-7,11-14,18-21,32-33H,8-10,26H2,1-3H3,(H,27,28)(H,29,34)(H,30,35)(H,31,36)(H,37,38). The number of aliphatic carboxylic acids is 1. The second-order valence-electron chi connectivity index (χ2n) is 9.58. The van der Waals surface area contributed by atoms with Gasteiger partial charge in [0, 0.05) is 24.7 Å². The molecule has 9 N–H and O–H groups in total. The maximum atomic E-state index is 13.4.